The number of alkyl halides is 2. The Labute approximate surface area is 88.3 Å². The molecule has 2 nitrogen and oxygen atoms in total. The first kappa shape index (κ1) is 9.47. The number of halogens is 2. The molecule has 0 amide bonds. The third-order valence-corrected chi connectivity index (χ3v) is 3.30. The van der Waals surface area contributed by atoms with Crippen LogP contribution in [0.4, 0.5) is 0 Å². The Bertz CT molecular complexity index is 89.7. The Morgan fingerprint density at radius 2 is 1.60 bits per heavy atom. The van der Waals surface area contributed by atoms with Gasteiger partial charge >= 0.3 is 0 Å². The lowest BCUT2D eigenvalue weighted by Crippen LogP contribution is -2.37. The fourth-order valence-electron chi connectivity index (χ4n) is 0.843. The molecule has 10 heavy (non-hydrogen) atoms. The highest BCUT2D eigenvalue weighted by Gasteiger charge is 2.20. The SMILES string of the molecule is ICC1COCC(CI)O1. The van der Waals surface area contributed by atoms with Crippen molar-refractivity contribution < 1.29 is 9.47 Å². The summed E-state index contributed by atoms with van der Waals surface area (Å²) in [5, 5.41) is 0. The molecule has 0 aromatic heterocycles. The van der Waals surface area contributed by atoms with Gasteiger partial charge in [0.15, 0.2) is 0 Å². The summed E-state index contributed by atoms with van der Waals surface area (Å²) in [5.74, 6) is 0. The molecular weight excluding hydrogens is 358 g/mol. The topological polar surface area (TPSA) is 18.5 Å². The molecule has 0 spiro atoms. The van der Waals surface area contributed by atoms with E-state index in [2.05, 4.69) is 45.2 Å². The molecule has 1 fully saturated rings. The van der Waals surface area contributed by atoms with Crippen molar-refractivity contribution >= 4 is 45.2 Å². The molecule has 0 N–H and O–H groups in total. The molecule has 0 saturated carbocycles. The smallest absolute Gasteiger partial charge is 0.0902 e. The summed E-state index contributed by atoms with van der Waals surface area (Å²) < 4.78 is 13.1. The molecule has 1 aliphatic heterocycles. The molecule has 0 aromatic rings. The largest absolute Gasteiger partial charge is 0.376 e. The minimum atomic E-state index is 0.328. The van der Waals surface area contributed by atoms with Crippen LogP contribution in [0.3, 0.4) is 0 Å². The highest BCUT2D eigenvalue weighted by Crippen LogP contribution is 2.11. The molecule has 0 bridgehead atoms. The molecule has 0 aromatic carbocycles. The summed E-state index contributed by atoms with van der Waals surface area (Å²) >= 11 is 4.65. The Morgan fingerprint density at radius 1 is 1.10 bits per heavy atom. The highest BCUT2D eigenvalue weighted by molar-refractivity contribution is 14.1. The van der Waals surface area contributed by atoms with E-state index in [1.165, 1.54) is 0 Å². The molecule has 1 rings (SSSR count). The average Bonchev–Trinajstić information content (AvgIpc) is 2.05. The lowest BCUT2D eigenvalue weighted by atomic mass is 10.3. The van der Waals surface area contributed by atoms with Crippen molar-refractivity contribution in [3.05, 3.63) is 0 Å². The zero-order valence-corrected chi connectivity index (χ0v) is 9.87. The van der Waals surface area contributed by atoms with Crippen molar-refractivity contribution in [3.63, 3.8) is 0 Å². The number of rotatable bonds is 2. The van der Waals surface area contributed by atoms with Crippen LogP contribution in [0.25, 0.3) is 0 Å². The van der Waals surface area contributed by atoms with Crippen LogP contribution in [0.2, 0.25) is 0 Å². The number of hydrogen-bond donors (Lipinski definition) is 0. The molecule has 1 saturated heterocycles. The zero-order chi connectivity index (χ0) is 7.40. The summed E-state index contributed by atoms with van der Waals surface area (Å²) in [6, 6.07) is 0. The van der Waals surface area contributed by atoms with Gasteiger partial charge in [-0.2, -0.15) is 0 Å². The van der Waals surface area contributed by atoms with Crippen LogP contribution < -0.4 is 0 Å². The minimum Gasteiger partial charge on any atom is -0.376 e. The molecule has 2 atom stereocenters. The molecule has 4 heteroatoms. The van der Waals surface area contributed by atoms with Crippen molar-refractivity contribution in [2.75, 3.05) is 22.1 Å². The second-order valence-corrected chi connectivity index (χ2v) is 3.99. The first-order valence-electron chi connectivity index (χ1n) is 3.22. The minimum absolute atomic E-state index is 0.328. The van der Waals surface area contributed by atoms with E-state index in [4.69, 9.17) is 9.47 Å². The van der Waals surface area contributed by atoms with Crippen LogP contribution in [0, 0.1) is 0 Å². The third kappa shape index (κ3) is 2.78. The second kappa shape index (κ2) is 5.10. The van der Waals surface area contributed by atoms with Gasteiger partial charge in [-0.05, 0) is 0 Å². The summed E-state index contributed by atoms with van der Waals surface area (Å²) in [6.07, 6.45) is 0.656. The molecule has 2 unspecified atom stereocenters. The van der Waals surface area contributed by atoms with E-state index in [0.29, 0.717) is 12.2 Å². The van der Waals surface area contributed by atoms with E-state index < -0.39 is 0 Å². The van der Waals surface area contributed by atoms with Crippen LogP contribution in [-0.2, 0) is 9.47 Å². The van der Waals surface area contributed by atoms with Gasteiger partial charge in [0, 0.05) is 8.86 Å². The Balaban J connectivity index is 2.25. The Hall–Kier alpha value is 1.38. The van der Waals surface area contributed by atoms with Crippen LogP contribution >= 0.6 is 45.2 Å². The Kier molecular flexibility index (Phi) is 4.83. The van der Waals surface area contributed by atoms with Gasteiger partial charge in [-0.25, -0.2) is 0 Å². The summed E-state index contributed by atoms with van der Waals surface area (Å²) in [6.45, 7) is 1.55. The maximum atomic E-state index is 5.64. The normalized spacial score (nSPS) is 34.2. The first-order valence-corrected chi connectivity index (χ1v) is 6.27. The van der Waals surface area contributed by atoms with Crippen LogP contribution in [0.1, 0.15) is 0 Å². The van der Waals surface area contributed by atoms with E-state index in [0.717, 1.165) is 22.1 Å². The van der Waals surface area contributed by atoms with E-state index in [9.17, 15) is 0 Å². The van der Waals surface area contributed by atoms with Gasteiger partial charge in [0.2, 0.25) is 0 Å². The molecule has 1 heterocycles. The highest BCUT2D eigenvalue weighted by atomic mass is 127. The maximum absolute atomic E-state index is 5.64. The van der Waals surface area contributed by atoms with Crippen molar-refractivity contribution in [3.8, 4) is 0 Å². The van der Waals surface area contributed by atoms with Gasteiger partial charge in [0.25, 0.3) is 0 Å². The van der Waals surface area contributed by atoms with Gasteiger partial charge in [-0.3, -0.25) is 0 Å². The summed E-state index contributed by atoms with van der Waals surface area (Å²) in [5.41, 5.74) is 0. The predicted octanol–water partition coefficient (Wildman–Crippen LogP) is 1.64. The average molecular weight is 368 g/mol. The fraction of sp³-hybridized carbons (Fsp3) is 1.00. The molecule has 0 radical (unpaired) electrons. The molecule has 1 aliphatic rings. The van der Waals surface area contributed by atoms with E-state index in [1.807, 2.05) is 0 Å². The lowest BCUT2D eigenvalue weighted by molar-refractivity contribution is -0.117. The van der Waals surface area contributed by atoms with E-state index >= 15 is 0 Å². The van der Waals surface area contributed by atoms with Crippen molar-refractivity contribution in [1.82, 2.24) is 0 Å². The van der Waals surface area contributed by atoms with Crippen LogP contribution in [-0.4, -0.2) is 34.3 Å². The van der Waals surface area contributed by atoms with Crippen LogP contribution in [0.15, 0.2) is 0 Å². The molecular formula is C6H10I2O2. The number of ether oxygens (including phenoxy) is 2. The molecule has 0 aliphatic carbocycles. The monoisotopic (exact) mass is 368 g/mol. The summed E-state index contributed by atoms with van der Waals surface area (Å²) in [4.78, 5) is 0. The standard InChI is InChI=1S/C6H10I2O2/c7-1-5-3-9-4-6(2-8)10-5/h5-6H,1-4H2. The van der Waals surface area contributed by atoms with Gasteiger partial charge in [0.05, 0.1) is 25.4 Å². The third-order valence-electron chi connectivity index (χ3n) is 1.34. The van der Waals surface area contributed by atoms with Crippen LogP contribution in [0.5, 0.6) is 0 Å². The predicted molar refractivity (Wildman–Crippen MR) is 57.3 cm³/mol. The number of hydrogen-bond acceptors (Lipinski definition) is 2. The Morgan fingerprint density at radius 3 is 2.00 bits per heavy atom. The zero-order valence-electron chi connectivity index (χ0n) is 5.56. The second-order valence-electron chi connectivity index (χ2n) is 2.23. The first-order chi connectivity index (χ1) is 4.86. The fourth-order valence-corrected chi connectivity index (χ4v) is 1.77. The molecule has 60 valence electrons. The van der Waals surface area contributed by atoms with Crippen molar-refractivity contribution in [2.24, 2.45) is 0 Å². The van der Waals surface area contributed by atoms with Gasteiger partial charge < -0.3 is 9.47 Å². The maximum Gasteiger partial charge on any atom is 0.0902 e. The van der Waals surface area contributed by atoms with Crippen molar-refractivity contribution in [2.45, 2.75) is 12.2 Å². The summed E-state index contributed by atoms with van der Waals surface area (Å²) in [7, 11) is 0. The van der Waals surface area contributed by atoms with Gasteiger partial charge in [0.1, 0.15) is 0 Å². The van der Waals surface area contributed by atoms with Crippen molar-refractivity contribution in [1.29, 1.82) is 0 Å². The van der Waals surface area contributed by atoms with E-state index in [1.54, 1.807) is 0 Å². The quantitative estimate of drug-likeness (QED) is 0.545. The van der Waals surface area contributed by atoms with E-state index in [-0.39, 0.29) is 0 Å². The lowest BCUT2D eigenvalue weighted by Gasteiger charge is -2.27. The van der Waals surface area contributed by atoms with Gasteiger partial charge in [-0.1, -0.05) is 45.2 Å². The van der Waals surface area contributed by atoms with Gasteiger partial charge in [-0.15, -0.1) is 0 Å².